The van der Waals surface area contributed by atoms with Crippen LogP contribution in [0, 0.1) is 0 Å². The maximum Gasteiger partial charge on any atom is 0.195 e. The summed E-state index contributed by atoms with van der Waals surface area (Å²) >= 11 is 4.87. The smallest absolute Gasteiger partial charge is 0.195 e. The lowest BCUT2D eigenvalue weighted by molar-refractivity contribution is 0.789. The van der Waals surface area contributed by atoms with Crippen LogP contribution in [0.15, 0.2) is 39.1 Å². The van der Waals surface area contributed by atoms with Crippen LogP contribution in [0.1, 0.15) is 0 Å². The molecule has 1 aromatic carbocycles. The standard InChI is InChI=1S/C9H9BrN4S/c1-14-5-12-13-9(14)15-8-3-2-6(10)4-7(8)11/h2-5H,11H2,1H3. The second-order valence-corrected chi connectivity index (χ2v) is 4.93. The van der Waals surface area contributed by atoms with Gasteiger partial charge >= 0.3 is 0 Å². The average molecular weight is 285 g/mol. The van der Waals surface area contributed by atoms with Crippen LogP contribution >= 0.6 is 27.7 Å². The fourth-order valence-electron chi connectivity index (χ4n) is 1.08. The molecular formula is C9H9BrN4S. The lowest BCUT2D eigenvalue weighted by atomic mass is 10.3. The maximum absolute atomic E-state index is 5.88. The van der Waals surface area contributed by atoms with Crippen molar-refractivity contribution in [3.8, 4) is 0 Å². The molecule has 0 bridgehead atoms. The molecule has 0 aliphatic carbocycles. The first-order valence-electron chi connectivity index (χ1n) is 4.23. The van der Waals surface area contributed by atoms with Gasteiger partial charge in [-0.25, -0.2) is 0 Å². The molecule has 0 unspecified atom stereocenters. The van der Waals surface area contributed by atoms with E-state index in [0.717, 1.165) is 20.2 Å². The van der Waals surface area contributed by atoms with Crippen LogP contribution in [0.4, 0.5) is 5.69 Å². The quantitative estimate of drug-likeness (QED) is 0.860. The second-order valence-electron chi connectivity index (χ2n) is 3.01. The molecule has 0 spiro atoms. The van der Waals surface area contributed by atoms with Crippen LogP contribution in [0.2, 0.25) is 0 Å². The Morgan fingerprint density at radius 2 is 2.27 bits per heavy atom. The molecule has 4 nitrogen and oxygen atoms in total. The van der Waals surface area contributed by atoms with Gasteiger partial charge in [-0.05, 0) is 30.0 Å². The summed E-state index contributed by atoms with van der Waals surface area (Å²) in [5.41, 5.74) is 6.61. The second kappa shape index (κ2) is 4.24. The molecule has 6 heteroatoms. The molecule has 0 aliphatic rings. The van der Waals surface area contributed by atoms with Crippen LogP contribution in [0.5, 0.6) is 0 Å². The highest BCUT2D eigenvalue weighted by molar-refractivity contribution is 9.10. The molecular weight excluding hydrogens is 276 g/mol. The Morgan fingerprint density at radius 3 is 2.87 bits per heavy atom. The van der Waals surface area contributed by atoms with E-state index >= 15 is 0 Å². The first-order chi connectivity index (χ1) is 7.16. The van der Waals surface area contributed by atoms with Gasteiger partial charge in [0.1, 0.15) is 6.33 Å². The molecule has 15 heavy (non-hydrogen) atoms. The van der Waals surface area contributed by atoms with Gasteiger partial charge < -0.3 is 10.3 Å². The van der Waals surface area contributed by atoms with Gasteiger partial charge in [-0.3, -0.25) is 0 Å². The lowest BCUT2D eigenvalue weighted by Gasteiger charge is -2.04. The van der Waals surface area contributed by atoms with Gasteiger partial charge in [0.2, 0.25) is 0 Å². The van der Waals surface area contributed by atoms with Crippen molar-refractivity contribution in [1.29, 1.82) is 0 Å². The summed E-state index contributed by atoms with van der Waals surface area (Å²) in [6, 6.07) is 5.78. The number of nitrogen functional groups attached to an aromatic ring is 1. The number of aryl methyl sites for hydroxylation is 1. The number of nitrogens with zero attached hydrogens (tertiary/aromatic N) is 3. The van der Waals surface area contributed by atoms with E-state index in [0.29, 0.717) is 0 Å². The highest BCUT2D eigenvalue weighted by Crippen LogP contribution is 2.31. The van der Waals surface area contributed by atoms with Crippen molar-refractivity contribution < 1.29 is 0 Å². The molecule has 0 amide bonds. The average Bonchev–Trinajstić information content (AvgIpc) is 2.57. The molecule has 0 saturated heterocycles. The van der Waals surface area contributed by atoms with E-state index in [2.05, 4.69) is 26.1 Å². The van der Waals surface area contributed by atoms with Gasteiger partial charge in [0.25, 0.3) is 0 Å². The summed E-state index contributed by atoms with van der Waals surface area (Å²) in [7, 11) is 1.90. The van der Waals surface area contributed by atoms with E-state index < -0.39 is 0 Å². The van der Waals surface area contributed by atoms with Crippen molar-refractivity contribution in [1.82, 2.24) is 14.8 Å². The Balaban J connectivity index is 2.29. The molecule has 0 aliphatic heterocycles. The highest BCUT2D eigenvalue weighted by Gasteiger charge is 2.06. The predicted octanol–water partition coefficient (Wildman–Crippen LogP) is 2.31. The van der Waals surface area contributed by atoms with Crippen LogP contribution in [-0.4, -0.2) is 14.8 Å². The molecule has 0 radical (unpaired) electrons. The van der Waals surface area contributed by atoms with Gasteiger partial charge in [0, 0.05) is 22.1 Å². The molecule has 1 aromatic heterocycles. The molecule has 2 N–H and O–H groups in total. The number of hydrogen-bond donors (Lipinski definition) is 1. The van der Waals surface area contributed by atoms with Crippen molar-refractivity contribution in [2.45, 2.75) is 10.1 Å². The fraction of sp³-hybridized carbons (Fsp3) is 0.111. The third-order valence-electron chi connectivity index (χ3n) is 1.84. The van der Waals surface area contributed by atoms with Crippen LogP contribution < -0.4 is 5.73 Å². The van der Waals surface area contributed by atoms with Crippen molar-refractivity contribution in [3.63, 3.8) is 0 Å². The number of rotatable bonds is 2. The highest BCUT2D eigenvalue weighted by atomic mass is 79.9. The number of halogens is 1. The topological polar surface area (TPSA) is 56.7 Å². The molecule has 78 valence electrons. The summed E-state index contributed by atoms with van der Waals surface area (Å²) in [6.07, 6.45) is 1.66. The third kappa shape index (κ3) is 2.32. The summed E-state index contributed by atoms with van der Waals surface area (Å²) in [6.45, 7) is 0. The Hall–Kier alpha value is -1.01. The number of anilines is 1. The van der Waals surface area contributed by atoms with Crippen LogP contribution in [0.3, 0.4) is 0 Å². The number of aromatic nitrogens is 3. The van der Waals surface area contributed by atoms with Gasteiger partial charge in [-0.1, -0.05) is 15.9 Å². The van der Waals surface area contributed by atoms with E-state index in [1.54, 1.807) is 6.33 Å². The zero-order valence-corrected chi connectivity index (χ0v) is 10.4. The number of benzene rings is 1. The fourth-order valence-corrected chi connectivity index (χ4v) is 2.24. The minimum absolute atomic E-state index is 0.734. The van der Waals surface area contributed by atoms with E-state index in [9.17, 15) is 0 Å². The normalized spacial score (nSPS) is 10.5. The largest absolute Gasteiger partial charge is 0.398 e. The first kappa shape index (κ1) is 10.5. The van der Waals surface area contributed by atoms with Crippen LogP contribution in [-0.2, 0) is 7.05 Å². The van der Waals surface area contributed by atoms with E-state index in [1.165, 1.54) is 11.8 Å². The van der Waals surface area contributed by atoms with E-state index in [4.69, 9.17) is 5.73 Å². The zero-order valence-electron chi connectivity index (χ0n) is 8.01. The van der Waals surface area contributed by atoms with Crippen molar-refractivity contribution >= 4 is 33.4 Å². The van der Waals surface area contributed by atoms with Crippen molar-refractivity contribution in [2.75, 3.05) is 5.73 Å². The third-order valence-corrected chi connectivity index (χ3v) is 3.48. The Bertz CT molecular complexity index is 483. The molecule has 0 fully saturated rings. The molecule has 2 rings (SSSR count). The summed E-state index contributed by atoms with van der Waals surface area (Å²) < 4.78 is 2.83. The minimum atomic E-state index is 0.734. The SMILES string of the molecule is Cn1cnnc1Sc1ccc(Br)cc1N. The summed E-state index contributed by atoms with van der Waals surface area (Å²) in [5, 5.41) is 8.61. The number of nitrogens with two attached hydrogens (primary N) is 1. The monoisotopic (exact) mass is 284 g/mol. The van der Waals surface area contributed by atoms with E-state index in [1.807, 2.05) is 29.8 Å². The Morgan fingerprint density at radius 1 is 1.47 bits per heavy atom. The Kier molecular flexibility index (Phi) is 2.97. The van der Waals surface area contributed by atoms with Crippen LogP contribution in [0.25, 0.3) is 0 Å². The predicted molar refractivity (Wildman–Crippen MR) is 63.7 cm³/mol. The molecule has 0 saturated carbocycles. The lowest BCUT2D eigenvalue weighted by Crippen LogP contribution is -1.92. The first-order valence-corrected chi connectivity index (χ1v) is 5.84. The maximum atomic E-state index is 5.88. The molecule has 0 atom stereocenters. The van der Waals surface area contributed by atoms with Gasteiger partial charge in [0.05, 0.1) is 0 Å². The van der Waals surface area contributed by atoms with Crippen molar-refractivity contribution in [3.05, 3.63) is 29.0 Å². The molecule has 2 aromatic rings. The summed E-state index contributed by atoms with van der Waals surface area (Å²) in [5.74, 6) is 0. The summed E-state index contributed by atoms with van der Waals surface area (Å²) in [4.78, 5) is 0.981. The van der Waals surface area contributed by atoms with E-state index in [-0.39, 0.29) is 0 Å². The number of hydrogen-bond acceptors (Lipinski definition) is 4. The Labute approximate surface area is 100 Å². The van der Waals surface area contributed by atoms with Gasteiger partial charge in [-0.15, -0.1) is 10.2 Å². The zero-order chi connectivity index (χ0) is 10.8. The minimum Gasteiger partial charge on any atom is -0.398 e. The van der Waals surface area contributed by atoms with Crippen molar-refractivity contribution in [2.24, 2.45) is 7.05 Å². The van der Waals surface area contributed by atoms with Gasteiger partial charge in [-0.2, -0.15) is 0 Å². The molecule has 1 heterocycles. The van der Waals surface area contributed by atoms with Gasteiger partial charge in [0.15, 0.2) is 5.16 Å².